The maximum absolute atomic E-state index is 8.87. The van der Waals surface area contributed by atoms with Crippen LogP contribution in [0.3, 0.4) is 0 Å². The molecule has 0 aliphatic rings. The van der Waals surface area contributed by atoms with Crippen molar-refractivity contribution in [3.63, 3.8) is 0 Å². The van der Waals surface area contributed by atoms with Gasteiger partial charge in [-0.05, 0) is 49.6 Å². The third-order valence-corrected chi connectivity index (χ3v) is 4.28. The van der Waals surface area contributed by atoms with Crippen molar-refractivity contribution in [3.05, 3.63) is 46.8 Å². The molecule has 0 saturated heterocycles. The Kier molecular flexibility index (Phi) is 5.34. The van der Waals surface area contributed by atoms with Gasteiger partial charge in [-0.1, -0.05) is 31.2 Å². The molecule has 1 aromatic carbocycles. The first-order valence-corrected chi connectivity index (χ1v) is 7.87. The van der Waals surface area contributed by atoms with Gasteiger partial charge in [0.15, 0.2) is 0 Å². The highest BCUT2D eigenvalue weighted by atomic mass is 32.1. The molecular formula is C17H20N2S. The number of nitriles is 1. The van der Waals surface area contributed by atoms with Gasteiger partial charge in [-0.3, -0.25) is 0 Å². The van der Waals surface area contributed by atoms with Crippen LogP contribution in [0.5, 0.6) is 0 Å². The first-order valence-electron chi connectivity index (χ1n) is 7.05. The summed E-state index contributed by atoms with van der Waals surface area (Å²) in [6.07, 6.45) is 2.22. The van der Waals surface area contributed by atoms with E-state index in [1.54, 1.807) is 11.3 Å². The minimum Gasteiger partial charge on any atom is -0.314 e. The first kappa shape index (κ1) is 14.8. The van der Waals surface area contributed by atoms with Gasteiger partial charge in [0, 0.05) is 10.9 Å². The van der Waals surface area contributed by atoms with Gasteiger partial charge in [-0.15, -0.1) is 11.3 Å². The molecule has 1 N–H and O–H groups in total. The Morgan fingerprint density at radius 2 is 1.95 bits per heavy atom. The van der Waals surface area contributed by atoms with Gasteiger partial charge in [0.2, 0.25) is 0 Å². The molecule has 0 spiro atoms. The molecule has 0 fully saturated rings. The zero-order valence-electron chi connectivity index (χ0n) is 12.0. The second-order valence-electron chi connectivity index (χ2n) is 5.03. The molecule has 1 aromatic heterocycles. The number of hydrogen-bond acceptors (Lipinski definition) is 3. The molecule has 2 nitrogen and oxygen atoms in total. The van der Waals surface area contributed by atoms with E-state index in [-0.39, 0.29) is 0 Å². The molecule has 104 valence electrons. The Morgan fingerprint density at radius 1 is 1.20 bits per heavy atom. The third kappa shape index (κ3) is 3.93. The Bertz CT molecular complexity index is 578. The first-order chi connectivity index (χ1) is 9.72. The highest BCUT2D eigenvalue weighted by Gasteiger charge is 2.05. The maximum atomic E-state index is 8.87. The number of thiophene rings is 1. The molecule has 0 aliphatic carbocycles. The lowest BCUT2D eigenvalue weighted by atomic mass is 10.0. The molecule has 0 radical (unpaired) electrons. The second-order valence-corrected chi connectivity index (χ2v) is 6.12. The van der Waals surface area contributed by atoms with E-state index >= 15 is 0 Å². The molecule has 3 heteroatoms. The van der Waals surface area contributed by atoms with Crippen LogP contribution in [0.4, 0.5) is 0 Å². The highest BCUT2D eigenvalue weighted by molar-refractivity contribution is 7.16. The fourth-order valence-electron chi connectivity index (χ4n) is 2.17. The lowest BCUT2D eigenvalue weighted by Crippen LogP contribution is -2.28. The van der Waals surface area contributed by atoms with E-state index in [4.69, 9.17) is 5.26 Å². The van der Waals surface area contributed by atoms with Crippen LogP contribution < -0.4 is 5.32 Å². The minimum atomic E-state index is 0.507. The predicted octanol–water partition coefficient (Wildman–Crippen LogP) is 4.22. The fraction of sp³-hybridized carbons (Fsp3) is 0.353. The van der Waals surface area contributed by atoms with Crippen LogP contribution in [0.25, 0.3) is 10.4 Å². The van der Waals surface area contributed by atoms with E-state index < -0.39 is 0 Å². The van der Waals surface area contributed by atoms with Crippen molar-refractivity contribution in [2.75, 3.05) is 6.54 Å². The fourth-order valence-corrected chi connectivity index (χ4v) is 2.98. The summed E-state index contributed by atoms with van der Waals surface area (Å²) in [6, 6.07) is 15.3. The van der Waals surface area contributed by atoms with Gasteiger partial charge in [-0.25, -0.2) is 0 Å². The highest BCUT2D eigenvalue weighted by Crippen LogP contribution is 2.27. The van der Waals surface area contributed by atoms with Gasteiger partial charge in [0.1, 0.15) is 10.9 Å². The average Bonchev–Trinajstić information content (AvgIpc) is 2.95. The quantitative estimate of drug-likeness (QED) is 0.862. The molecule has 2 aromatic rings. The van der Waals surface area contributed by atoms with Crippen LogP contribution in [-0.2, 0) is 6.42 Å². The van der Waals surface area contributed by atoms with Crippen molar-refractivity contribution >= 4 is 11.3 Å². The molecule has 2 rings (SSSR count). The number of nitrogens with zero attached hydrogens (tertiary/aromatic N) is 1. The molecule has 0 amide bonds. The zero-order valence-corrected chi connectivity index (χ0v) is 12.8. The molecule has 1 heterocycles. The number of benzene rings is 1. The summed E-state index contributed by atoms with van der Waals surface area (Å²) in [5, 5.41) is 12.4. The van der Waals surface area contributed by atoms with Crippen LogP contribution in [0.1, 0.15) is 30.7 Å². The van der Waals surface area contributed by atoms with Crippen LogP contribution in [0.2, 0.25) is 0 Å². The molecular weight excluding hydrogens is 264 g/mol. The van der Waals surface area contributed by atoms with Gasteiger partial charge < -0.3 is 5.32 Å². The third-order valence-electron chi connectivity index (χ3n) is 3.24. The van der Waals surface area contributed by atoms with Crippen molar-refractivity contribution < 1.29 is 0 Å². The summed E-state index contributed by atoms with van der Waals surface area (Å²) >= 11 is 1.54. The Labute approximate surface area is 125 Å². The summed E-state index contributed by atoms with van der Waals surface area (Å²) in [7, 11) is 0. The normalized spacial score (nSPS) is 12.1. The Balaban J connectivity index is 2.01. The SMILES string of the molecule is CCCNC(C)Cc1ccc(-c2ccc(C#N)s2)cc1. The van der Waals surface area contributed by atoms with Crippen molar-refractivity contribution in [3.8, 4) is 16.5 Å². The minimum absolute atomic E-state index is 0.507. The van der Waals surface area contributed by atoms with Crippen LogP contribution in [0.15, 0.2) is 36.4 Å². The second kappa shape index (κ2) is 7.23. The van der Waals surface area contributed by atoms with Crippen LogP contribution >= 0.6 is 11.3 Å². The lowest BCUT2D eigenvalue weighted by molar-refractivity contribution is 0.543. The van der Waals surface area contributed by atoms with E-state index in [1.165, 1.54) is 17.5 Å². The Hall–Kier alpha value is -1.63. The van der Waals surface area contributed by atoms with E-state index in [0.717, 1.165) is 22.7 Å². The van der Waals surface area contributed by atoms with Crippen LogP contribution in [-0.4, -0.2) is 12.6 Å². The lowest BCUT2D eigenvalue weighted by Gasteiger charge is -2.13. The summed E-state index contributed by atoms with van der Waals surface area (Å²) in [5.74, 6) is 0. The molecule has 0 saturated carbocycles. The number of nitrogens with one attached hydrogen (secondary N) is 1. The summed E-state index contributed by atoms with van der Waals surface area (Å²) in [6.45, 7) is 5.48. The van der Waals surface area contributed by atoms with Gasteiger partial charge >= 0.3 is 0 Å². The van der Waals surface area contributed by atoms with Crippen molar-refractivity contribution in [1.82, 2.24) is 5.32 Å². The molecule has 20 heavy (non-hydrogen) atoms. The smallest absolute Gasteiger partial charge is 0.110 e. The summed E-state index contributed by atoms with van der Waals surface area (Å²) < 4.78 is 0. The number of hydrogen-bond donors (Lipinski definition) is 1. The molecule has 1 atom stereocenters. The monoisotopic (exact) mass is 284 g/mol. The maximum Gasteiger partial charge on any atom is 0.110 e. The van der Waals surface area contributed by atoms with E-state index in [1.807, 2.05) is 12.1 Å². The zero-order chi connectivity index (χ0) is 14.4. The topological polar surface area (TPSA) is 35.8 Å². The van der Waals surface area contributed by atoms with E-state index in [0.29, 0.717) is 6.04 Å². The standard InChI is InChI=1S/C17H20N2S/c1-3-10-19-13(2)11-14-4-6-15(7-5-14)17-9-8-16(12-18)20-17/h4-9,13,19H,3,10-11H2,1-2H3. The molecule has 1 unspecified atom stereocenters. The molecule has 0 aliphatic heterocycles. The summed E-state index contributed by atoms with van der Waals surface area (Å²) in [5.41, 5.74) is 2.54. The Morgan fingerprint density at radius 3 is 2.55 bits per heavy atom. The van der Waals surface area contributed by atoms with Crippen molar-refractivity contribution in [2.24, 2.45) is 0 Å². The number of rotatable bonds is 6. The van der Waals surface area contributed by atoms with Gasteiger partial charge in [0.05, 0.1) is 0 Å². The van der Waals surface area contributed by atoms with Crippen molar-refractivity contribution in [1.29, 1.82) is 5.26 Å². The van der Waals surface area contributed by atoms with Crippen LogP contribution in [0, 0.1) is 11.3 Å². The van der Waals surface area contributed by atoms with Gasteiger partial charge in [0.25, 0.3) is 0 Å². The predicted molar refractivity (Wildman–Crippen MR) is 85.9 cm³/mol. The molecule has 0 bridgehead atoms. The van der Waals surface area contributed by atoms with E-state index in [2.05, 4.69) is 49.5 Å². The van der Waals surface area contributed by atoms with Gasteiger partial charge in [-0.2, -0.15) is 5.26 Å². The largest absolute Gasteiger partial charge is 0.314 e. The van der Waals surface area contributed by atoms with Crippen molar-refractivity contribution in [2.45, 2.75) is 32.7 Å². The summed E-state index contributed by atoms with van der Waals surface area (Å²) in [4.78, 5) is 1.92. The average molecular weight is 284 g/mol. The van der Waals surface area contributed by atoms with E-state index in [9.17, 15) is 0 Å².